The number of anilines is 2. The quantitative estimate of drug-likeness (QED) is 0.833. The van der Waals surface area contributed by atoms with Gasteiger partial charge in [0.1, 0.15) is 5.69 Å². The number of benzene rings is 1. The van der Waals surface area contributed by atoms with Crippen molar-refractivity contribution in [2.45, 2.75) is 26.2 Å². The minimum Gasteiger partial charge on any atom is -0.462 e. The first-order valence-electron chi connectivity index (χ1n) is 8.97. The lowest BCUT2D eigenvalue weighted by Gasteiger charge is -2.28. The number of pyridine rings is 1. The van der Waals surface area contributed by atoms with Gasteiger partial charge >= 0.3 is 5.97 Å². The molecule has 0 bridgehead atoms. The Kier molecular flexibility index (Phi) is 5.84. The monoisotopic (exact) mass is 353 g/mol. The van der Waals surface area contributed by atoms with Crippen LogP contribution in [0.5, 0.6) is 0 Å². The van der Waals surface area contributed by atoms with E-state index in [1.807, 2.05) is 6.07 Å². The number of para-hydroxylation sites is 1. The molecule has 136 valence electrons. The first kappa shape index (κ1) is 17.9. The molecule has 1 aromatic heterocycles. The Morgan fingerprint density at radius 2 is 1.92 bits per heavy atom. The first-order valence-corrected chi connectivity index (χ1v) is 8.97. The maximum atomic E-state index is 12.6. The summed E-state index contributed by atoms with van der Waals surface area (Å²) in [7, 11) is 0. The van der Waals surface area contributed by atoms with E-state index < -0.39 is 5.97 Å². The van der Waals surface area contributed by atoms with Crippen LogP contribution >= 0.6 is 0 Å². The van der Waals surface area contributed by atoms with Crippen molar-refractivity contribution in [1.29, 1.82) is 0 Å². The summed E-state index contributed by atoms with van der Waals surface area (Å²) in [5, 5.41) is 2.78. The Bertz CT molecular complexity index is 785. The van der Waals surface area contributed by atoms with E-state index in [1.54, 1.807) is 43.5 Å². The predicted octanol–water partition coefficient (Wildman–Crippen LogP) is 3.50. The van der Waals surface area contributed by atoms with E-state index in [0.717, 1.165) is 31.6 Å². The molecule has 26 heavy (non-hydrogen) atoms. The maximum Gasteiger partial charge on any atom is 0.340 e. The molecule has 0 atom stereocenters. The molecule has 1 saturated heterocycles. The highest BCUT2D eigenvalue weighted by atomic mass is 16.5. The lowest BCUT2D eigenvalue weighted by Crippen LogP contribution is -2.29. The number of hydrogen-bond acceptors (Lipinski definition) is 5. The number of amides is 1. The highest BCUT2D eigenvalue weighted by molar-refractivity contribution is 6.07. The van der Waals surface area contributed by atoms with Gasteiger partial charge in [0.05, 0.1) is 17.9 Å². The van der Waals surface area contributed by atoms with Gasteiger partial charge in [-0.15, -0.1) is 0 Å². The Labute approximate surface area is 153 Å². The van der Waals surface area contributed by atoms with E-state index in [9.17, 15) is 9.59 Å². The second-order valence-corrected chi connectivity index (χ2v) is 6.17. The van der Waals surface area contributed by atoms with E-state index in [1.165, 1.54) is 6.42 Å². The van der Waals surface area contributed by atoms with E-state index in [4.69, 9.17) is 4.74 Å². The third kappa shape index (κ3) is 4.20. The largest absolute Gasteiger partial charge is 0.462 e. The molecule has 2 aromatic rings. The second-order valence-electron chi connectivity index (χ2n) is 6.17. The van der Waals surface area contributed by atoms with Gasteiger partial charge in [0.2, 0.25) is 0 Å². The fourth-order valence-corrected chi connectivity index (χ4v) is 3.06. The molecule has 1 N–H and O–H groups in total. The molecule has 6 nitrogen and oxygen atoms in total. The van der Waals surface area contributed by atoms with E-state index in [0.29, 0.717) is 16.9 Å². The number of nitrogens with zero attached hydrogens (tertiary/aromatic N) is 2. The van der Waals surface area contributed by atoms with Gasteiger partial charge in [-0.05, 0) is 50.5 Å². The second kappa shape index (κ2) is 8.47. The molecule has 1 aromatic carbocycles. The summed E-state index contributed by atoms with van der Waals surface area (Å²) in [6, 6.07) is 10.5. The molecule has 0 saturated carbocycles. The molecule has 0 radical (unpaired) electrons. The summed E-state index contributed by atoms with van der Waals surface area (Å²) < 4.78 is 5.04. The Balaban J connectivity index is 1.77. The zero-order valence-electron chi connectivity index (χ0n) is 14.9. The summed E-state index contributed by atoms with van der Waals surface area (Å²) in [5.74, 6) is -0.806. The van der Waals surface area contributed by atoms with Crippen molar-refractivity contribution < 1.29 is 14.3 Å². The molecule has 1 aliphatic heterocycles. The number of rotatable bonds is 5. The van der Waals surface area contributed by atoms with Gasteiger partial charge in [-0.3, -0.25) is 9.78 Å². The van der Waals surface area contributed by atoms with Gasteiger partial charge in [-0.1, -0.05) is 12.1 Å². The number of carbonyl (C=O) groups is 2. The van der Waals surface area contributed by atoms with Crippen LogP contribution in [0.1, 0.15) is 47.0 Å². The number of nitrogens with one attached hydrogen (secondary N) is 1. The topological polar surface area (TPSA) is 71.5 Å². The molecule has 2 heterocycles. The minimum absolute atomic E-state index is 0.278. The van der Waals surface area contributed by atoms with Crippen LogP contribution in [-0.2, 0) is 4.74 Å². The molecule has 0 spiro atoms. The fourth-order valence-electron chi connectivity index (χ4n) is 3.06. The molecule has 3 rings (SSSR count). The maximum absolute atomic E-state index is 12.6. The number of ether oxygens (including phenoxy) is 1. The van der Waals surface area contributed by atoms with Crippen LogP contribution in [-0.4, -0.2) is 36.6 Å². The van der Waals surface area contributed by atoms with Crippen molar-refractivity contribution in [1.82, 2.24) is 4.98 Å². The minimum atomic E-state index is -0.460. The summed E-state index contributed by atoms with van der Waals surface area (Å²) in [6.45, 7) is 4.02. The van der Waals surface area contributed by atoms with Crippen molar-refractivity contribution in [3.8, 4) is 0 Å². The van der Waals surface area contributed by atoms with Crippen molar-refractivity contribution in [3.63, 3.8) is 0 Å². The third-order valence-electron chi connectivity index (χ3n) is 4.37. The molecule has 0 unspecified atom stereocenters. The Hall–Kier alpha value is -2.89. The Morgan fingerprint density at radius 1 is 1.15 bits per heavy atom. The molecular formula is C20H23N3O3. The van der Waals surface area contributed by atoms with E-state index in [2.05, 4.69) is 15.2 Å². The van der Waals surface area contributed by atoms with Crippen molar-refractivity contribution in [2.24, 2.45) is 0 Å². The number of hydrogen-bond donors (Lipinski definition) is 1. The van der Waals surface area contributed by atoms with Crippen LogP contribution in [0.15, 0.2) is 42.6 Å². The van der Waals surface area contributed by atoms with Crippen LogP contribution in [0.25, 0.3) is 0 Å². The zero-order chi connectivity index (χ0) is 18.4. The molecule has 6 heteroatoms. The third-order valence-corrected chi connectivity index (χ3v) is 4.37. The average molecular weight is 353 g/mol. The van der Waals surface area contributed by atoms with Crippen molar-refractivity contribution >= 4 is 23.3 Å². The summed E-state index contributed by atoms with van der Waals surface area (Å²) >= 11 is 0. The highest BCUT2D eigenvalue weighted by Crippen LogP contribution is 2.21. The van der Waals surface area contributed by atoms with Crippen LogP contribution in [0.3, 0.4) is 0 Å². The van der Waals surface area contributed by atoms with Gasteiger partial charge in [0.15, 0.2) is 0 Å². The van der Waals surface area contributed by atoms with Gasteiger partial charge in [-0.25, -0.2) is 4.79 Å². The number of piperidine rings is 1. The molecule has 1 amide bonds. The van der Waals surface area contributed by atoms with Crippen molar-refractivity contribution in [3.05, 3.63) is 53.9 Å². The molecular weight excluding hydrogens is 330 g/mol. The average Bonchev–Trinajstić information content (AvgIpc) is 2.69. The van der Waals surface area contributed by atoms with Crippen LogP contribution < -0.4 is 10.2 Å². The lowest BCUT2D eigenvalue weighted by atomic mass is 10.1. The van der Waals surface area contributed by atoms with Crippen LogP contribution in [0.2, 0.25) is 0 Å². The molecule has 0 aliphatic carbocycles. The number of carbonyl (C=O) groups excluding carboxylic acids is 2. The van der Waals surface area contributed by atoms with E-state index in [-0.39, 0.29) is 12.5 Å². The predicted molar refractivity (Wildman–Crippen MR) is 101 cm³/mol. The summed E-state index contributed by atoms with van der Waals surface area (Å²) in [4.78, 5) is 31.1. The fraction of sp³-hybridized carbons (Fsp3) is 0.350. The van der Waals surface area contributed by atoms with Gasteiger partial charge in [-0.2, -0.15) is 0 Å². The number of aromatic nitrogens is 1. The number of esters is 1. The molecule has 1 aliphatic rings. The van der Waals surface area contributed by atoms with Gasteiger partial charge in [0.25, 0.3) is 5.91 Å². The van der Waals surface area contributed by atoms with E-state index >= 15 is 0 Å². The zero-order valence-corrected chi connectivity index (χ0v) is 14.9. The summed E-state index contributed by atoms with van der Waals surface area (Å²) in [6.07, 6.45) is 5.23. The van der Waals surface area contributed by atoms with Crippen LogP contribution in [0, 0.1) is 0 Å². The standard InChI is InChI=1S/C20H23N3O3/c1-2-26-20(25)16-8-4-5-9-17(16)22-19(24)18-14-15(10-11-21-18)23-12-6-3-7-13-23/h4-5,8-11,14H,2-3,6-7,12-13H2,1H3,(H,22,24). The lowest BCUT2D eigenvalue weighted by molar-refractivity contribution is 0.0527. The normalized spacial score (nSPS) is 14.0. The highest BCUT2D eigenvalue weighted by Gasteiger charge is 2.17. The van der Waals surface area contributed by atoms with Gasteiger partial charge < -0.3 is 15.0 Å². The molecule has 1 fully saturated rings. The first-order chi connectivity index (χ1) is 12.7. The SMILES string of the molecule is CCOC(=O)c1ccccc1NC(=O)c1cc(N2CCCCC2)ccn1. The van der Waals surface area contributed by atoms with Crippen molar-refractivity contribution in [2.75, 3.05) is 29.9 Å². The van der Waals surface area contributed by atoms with Gasteiger partial charge in [0, 0.05) is 25.0 Å². The summed E-state index contributed by atoms with van der Waals surface area (Å²) in [5.41, 5.74) is 2.08. The Morgan fingerprint density at radius 3 is 2.69 bits per heavy atom. The smallest absolute Gasteiger partial charge is 0.340 e. The van der Waals surface area contributed by atoms with Crippen LogP contribution in [0.4, 0.5) is 11.4 Å².